The van der Waals surface area contributed by atoms with Crippen molar-refractivity contribution >= 4 is 44.1 Å². The molecule has 2 aromatic carbocycles. The summed E-state index contributed by atoms with van der Waals surface area (Å²) in [4.78, 5) is 4.24. The number of hydrazone groups is 1. The normalized spacial score (nSPS) is 11.8. The summed E-state index contributed by atoms with van der Waals surface area (Å²) < 4.78 is 25.4. The molecule has 128 valence electrons. The Labute approximate surface area is 154 Å². The summed E-state index contributed by atoms with van der Waals surface area (Å²) in [6, 6.07) is 16.0. The largest absolute Gasteiger partial charge is 0.253 e. The molecule has 0 saturated heterocycles. The predicted molar refractivity (Wildman–Crippen MR) is 101 cm³/mol. The molecular formula is C17H14ClN3O2S2. The van der Waals surface area contributed by atoms with Crippen LogP contribution in [-0.4, -0.2) is 19.6 Å². The summed E-state index contributed by atoms with van der Waals surface area (Å²) in [5.74, 6) is 0. The molecule has 1 aromatic heterocycles. The van der Waals surface area contributed by atoms with Gasteiger partial charge in [0.15, 0.2) is 5.03 Å². The van der Waals surface area contributed by atoms with E-state index < -0.39 is 9.84 Å². The monoisotopic (exact) mass is 391 g/mol. The van der Waals surface area contributed by atoms with Crippen molar-refractivity contribution in [3.63, 3.8) is 0 Å². The fraction of sp³-hybridized carbons (Fsp3) is 0.0588. The second kappa shape index (κ2) is 7.35. The van der Waals surface area contributed by atoms with Gasteiger partial charge in [0, 0.05) is 0 Å². The molecule has 8 heteroatoms. The minimum Gasteiger partial charge on any atom is -0.253 e. The predicted octanol–water partition coefficient (Wildman–Crippen LogP) is 4.38. The standard InChI is InChI=1S/C17H14ClN3O2S2/c1-12-7-9-14(10-8-12)25(22,23)16-15(18)24-17(20-16)21-19-11-13-5-3-2-4-6-13/h2-11H,1H3,(H,20,21)/b19-11+. The number of nitrogens with zero attached hydrogens (tertiary/aromatic N) is 2. The van der Waals surface area contributed by atoms with E-state index in [2.05, 4.69) is 15.5 Å². The SMILES string of the molecule is Cc1ccc(S(=O)(=O)c2nc(N/N=C/c3ccccc3)sc2Cl)cc1. The van der Waals surface area contributed by atoms with Crippen LogP contribution in [0.1, 0.15) is 11.1 Å². The zero-order valence-electron chi connectivity index (χ0n) is 13.2. The highest BCUT2D eigenvalue weighted by atomic mass is 35.5. The maximum Gasteiger partial charge on any atom is 0.226 e. The lowest BCUT2D eigenvalue weighted by molar-refractivity contribution is 0.593. The minimum absolute atomic E-state index is 0.0954. The molecule has 3 aromatic rings. The number of rotatable bonds is 5. The smallest absolute Gasteiger partial charge is 0.226 e. The summed E-state index contributed by atoms with van der Waals surface area (Å²) in [7, 11) is -3.77. The third-order valence-electron chi connectivity index (χ3n) is 3.32. The second-order valence-corrected chi connectivity index (χ2v) is 8.66. The van der Waals surface area contributed by atoms with Crippen LogP contribution in [0.4, 0.5) is 5.13 Å². The van der Waals surface area contributed by atoms with E-state index >= 15 is 0 Å². The fourth-order valence-electron chi connectivity index (χ4n) is 2.03. The number of aryl methyl sites for hydroxylation is 1. The average molecular weight is 392 g/mol. The second-order valence-electron chi connectivity index (χ2n) is 5.20. The molecule has 0 aliphatic carbocycles. The highest BCUT2D eigenvalue weighted by Crippen LogP contribution is 2.34. The first kappa shape index (κ1) is 17.6. The van der Waals surface area contributed by atoms with Crippen molar-refractivity contribution < 1.29 is 8.42 Å². The molecule has 5 nitrogen and oxygen atoms in total. The van der Waals surface area contributed by atoms with Gasteiger partial charge in [0.25, 0.3) is 0 Å². The van der Waals surface area contributed by atoms with E-state index in [4.69, 9.17) is 11.6 Å². The lowest BCUT2D eigenvalue weighted by Crippen LogP contribution is -2.03. The third kappa shape index (κ3) is 4.07. The van der Waals surface area contributed by atoms with Gasteiger partial charge < -0.3 is 0 Å². The van der Waals surface area contributed by atoms with Crippen LogP contribution in [0.3, 0.4) is 0 Å². The van der Waals surface area contributed by atoms with Crippen LogP contribution in [0.5, 0.6) is 0 Å². The highest BCUT2D eigenvalue weighted by molar-refractivity contribution is 7.91. The van der Waals surface area contributed by atoms with Crippen LogP contribution in [0, 0.1) is 6.92 Å². The Balaban J connectivity index is 1.82. The summed E-state index contributed by atoms with van der Waals surface area (Å²) in [5, 5.41) is 4.19. The topological polar surface area (TPSA) is 71.4 Å². The molecule has 0 radical (unpaired) electrons. The highest BCUT2D eigenvalue weighted by Gasteiger charge is 2.25. The fourth-order valence-corrected chi connectivity index (χ4v) is 4.79. The van der Waals surface area contributed by atoms with Crippen molar-refractivity contribution in [2.24, 2.45) is 5.10 Å². The van der Waals surface area contributed by atoms with E-state index in [1.165, 1.54) is 0 Å². The van der Waals surface area contributed by atoms with E-state index in [-0.39, 0.29) is 14.3 Å². The van der Waals surface area contributed by atoms with Gasteiger partial charge in [-0.3, -0.25) is 5.43 Å². The van der Waals surface area contributed by atoms with Gasteiger partial charge in [-0.05, 0) is 24.6 Å². The average Bonchev–Trinajstić information content (AvgIpc) is 2.98. The Bertz CT molecular complexity index is 998. The van der Waals surface area contributed by atoms with Gasteiger partial charge in [-0.15, -0.1) is 0 Å². The van der Waals surface area contributed by atoms with Gasteiger partial charge >= 0.3 is 0 Å². The van der Waals surface area contributed by atoms with E-state index in [1.54, 1.807) is 30.5 Å². The number of benzene rings is 2. The molecule has 0 aliphatic heterocycles. The van der Waals surface area contributed by atoms with Crippen LogP contribution in [0.15, 0.2) is 69.6 Å². The Morgan fingerprint density at radius 1 is 1.12 bits per heavy atom. The Morgan fingerprint density at radius 3 is 2.48 bits per heavy atom. The third-order valence-corrected chi connectivity index (χ3v) is 6.41. The van der Waals surface area contributed by atoms with Gasteiger partial charge in [-0.1, -0.05) is 71.0 Å². The molecule has 0 bridgehead atoms. The first-order valence-electron chi connectivity index (χ1n) is 7.29. The summed E-state index contributed by atoms with van der Waals surface area (Å²) >= 11 is 7.12. The number of sulfone groups is 1. The van der Waals surface area contributed by atoms with E-state index in [1.807, 2.05) is 37.3 Å². The molecule has 1 N–H and O–H groups in total. The van der Waals surface area contributed by atoms with E-state index in [0.29, 0.717) is 5.13 Å². The van der Waals surface area contributed by atoms with Crippen molar-refractivity contribution in [2.45, 2.75) is 16.8 Å². The first-order valence-corrected chi connectivity index (χ1v) is 9.97. The molecule has 0 aliphatic rings. The van der Waals surface area contributed by atoms with Gasteiger partial charge in [0.05, 0.1) is 11.1 Å². The van der Waals surface area contributed by atoms with Gasteiger partial charge in [-0.2, -0.15) is 5.10 Å². The number of aromatic nitrogens is 1. The summed E-state index contributed by atoms with van der Waals surface area (Å²) in [6.45, 7) is 1.89. The molecule has 0 unspecified atom stereocenters. The molecule has 0 amide bonds. The zero-order valence-corrected chi connectivity index (χ0v) is 15.6. The number of halogens is 1. The van der Waals surface area contributed by atoms with Crippen molar-refractivity contribution in [3.05, 3.63) is 70.1 Å². The maximum absolute atomic E-state index is 12.7. The van der Waals surface area contributed by atoms with E-state index in [9.17, 15) is 8.42 Å². The molecule has 0 spiro atoms. The number of thiazole rings is 1. The van der Waals surface area contributed by atoms with Crippen LogP contribution in [-0.2, 0) is 9.84 Å². The van der Waals surface area contributed by atoms with Crippen molar-refractivity contribution in [2.75, 3.05) is 5.43 Å². The Hall–Kier alpha value is -2.22. The van der Waals surface area contributed by atoms with Crippen LogP contribution in [0.25, 0.3) is 0 Å². The minimum atomic E-state index is -3.77. The van der Waals surface area contributed by atoms with Crippen LogP contribution in [0.2, 0.25) is 4.34 Å². The quantitative estimate of drug-likeness (QED) is 0.517. The molecule has 1 heterocycles. The van der Waals surface area contributed by atoms with Gasteiger partial charge in [-0.25, -0.2) is 13.4 Å². The van der Waals surface area contributed by atoms with Crippen molar-refractivity contribution in [1.29, 1.82) is 0 Å². The van der Waals surface area contributed by atoms with Gasteiger partial charge in [0.1, 0.15) is 4.34 Å². The molecule has 0 saturated carbocycles. The lowest BCUT2D eigenvalue weighted by Gasteiger charge is -2.02. The van der Waals surface area contributed by atoms with Gasteiger partial charge in [0.2, 0.25) is 15.0 Å². The number of hydrogen-bond donors (Lipinski definition) is 1. The zero-order chi connectivity index (χ0) is 17.9. The number of anilines is 1. The number of hydrogen-bond acceptors (Lipinski definition) is 6. The molecule has 0 atom stereocenters. The molecule has 3 rings (SSSR count). The molecule has 25 heavy (non-hydrogen) atoms. The summed E-state index contributed by atoms with van der Waals surface area (Å²) in [6.07, 6.45) is 1.61. The van der Waals surface area contributed by atoms with Crippen molar-refractivity contribution in [3.8, 4) is 0 Å². The first-order chi connectivity index (χ1) is 12.0. The van der Waals surface area contributed by atoms with Crippen LogP contribution >= 0.6 is 22.9 Å². The summed E-state index contributed by atoms with van der Waals surface area (Å²) in [5.41, 5.74) is 4.60. The van der Waals surface area contributed by atoms with Crippen molar-refractivity contribution in [1.82, 2.24) is 4.98 Å². The molecule has 0 fully saturated rings. The Kier molecular flexibility index (Phi) is 5.17. The maximum atomic E-state index is 12.7. The Morgan fingerprint density at radius 2 is 1.80 bits per heavy atom. The molecular weight excluding hydrogens is 378 g/mol. The number of nitrogens with one attached hydrogen (secondary N) is 1. The van der Waals surface area contributed by atoms with Crippen LogP contribution < -0.4 is 5.43 Å². The lowest BCUT2D eigenvalue weighted by atomic mass is 10.2. The van der Waals surface area contributed by atoms with E-state index in [0.717, 1.165) is 22.5 Å².